The van der Waals surface area contributed by atoms with Crippen LogP contribution in [0, 0.1) is 17.8 Å². The van der Waals surface area contributed by atoms with Gasteiger partial charge in [-0.15, -0.1) is 0 Å². The maximum atomic E-state index is 12.0. The zero-order valence-corrected chi connectivity index (χ0v) is 13.1. The van der Waals surface area contributed by atoms with Crippen molar-refractivity contribution in [3.05, 3.63) is 29.3 Å². The molecule has 2 bridgehead atoms. The minimum absolute atomic E-state index is 0.0415. The van der Waals surface area contributed by atoms with E-state index in [9.17, 15) is 4.79 Å². The Morgan fingerprint density at radius 3 is 2.71 bits per heavy atom. The van der Waals surface area contributed by atoms with Gasteiger partial charge >= 0.3 is 0 Å². The number of fused-ring (bicyclic) bond motifs is 2. The molecule has 1 aromatic carbocycles. The third-order valence-corrected chi connectivity index (χ3v) is 5.26. The van der Waals surface area contributed by atoms with Crippen LogP contribution in [0.3, 0.4) is 0 Å². The summed E-state index contributed by atoms with van der Waals surface area (Å²) < 4.78 is 5.48. The number of benzene rings is 1. The van der Waals surface area contributed by atoms with Gasteiger partial charge in [0.1, 0.15) is 5.75 Å². The van der Waals surface area contributed by atoms with Crippen LogP contribution < -0.4 is 10.1 Å². The van der Waals surface area contributed by atoms with Crippen molar-refractivity contribution in [1.29, 1.82) is 0 Å². The Labute approximate surface area is 131 Å². The molecule has 0 aromatic heterocycles. The molecular weight excluding hydrogens is 286 g/mol. The van der Waals surface area contributed by atoms with E-state index in [1.54, 1.807) is 24.3 Å². The smallest absolute Gasteiger partial charge is 0.258 e. The van der Waals surface area contributed by atoms with E-state index in [0.29, 0.717) is 16.7 Å². The maximum absolute atomic E-state index is 12.0. The van der Waals surface area contributed by atoms with E-state index >= 15 is 0 Å². The second-order valence-electron chi connectivity index (χ2n) is 6.44. The van der Waals surface area contributed by atoms with Gasteiger partial charge in [-0.25, -0.2) is 0 Å². The quantitative estimate of drug-likeness (QED) is 0.901. The SMILES string of the molecule is C[C@@H](NC(=O)COc1ccc(Cl)cc1)[C@H]1C[C@@H]2CC[C@@H]1C2. The first-order valence-electron chi connectivity index (χ1n) is 7.79. The molecular formula is C17H22ClNO2. The Hall–Kier alpha value is -1.22. The van der Waals surface area contributed by atoms with Crippen LogP contribution in [0.4, 0.5) is 0 Å². The second kappa shape index (κ2) is 6.27. The fraction of sp³-hybridized carbons (Fsp3) is 0.588. The highest BCUT2D eigenvalue weighted by atomic mass is 35.5. The van der Waals surface area contributed by atoms with Gasteiger partial charge in [0, 0.05) is 11.1 Å². The van der Waals surface area contributed by atoms with Crippen LogP contribution in [-0.2, 0) is 4.79 Å². The summed E-state index contributed by atoms with van der Waals surface area (Å²) >= 11 is 5.81. The molecule has 0 heterocycles. The van der Waals surface area contributed by atoms with Gasteiger partial charge in [-0.05, 0) is 68.2 Å². The van der Waals surface area contributed by atoms with Gasteiger partial charge in [-0.2, -0.15) is 0 Å². The molecule has 21 heavy (non-hydrogen) atoms. The van der Waals surface area contributed by atoms with Crippen LogP contribution in [0.1, 0.15) is 32.6 Å². The highest BCUT2D eigenvalue weighted by molar-refractivity contribution is 6.30. The summed E-state index contributed by atoms with van der Waals surface area (Å²) in [7, 11) is 0. The molecule has 1 aromatic rings. The topological polar surface area (TPSA) is 38.3 Å². The van der Waals surface area contributed by atoms with E-state index < -0.39 is 0 Å². The Kier molecular flexibility index (Phi) is 4.39. The average Bonchev–Trinajstić information content (AvgIpc) is 3.09. The Morgan fingerprint density at radius 2 is 2.10 bits per heavy atom. The van der Waals surface area contributed by atoms with E-state index in [-0.39, 0.29) is 18.6 Å². The van der Waals surface area contributed by atoms with Crippen molar-refractivity contribution in [3.8, 4) is 5.75 Å². The molecule has 2 aliphatic carbocycles. The highest BCUT2D eigenvalue weighted by Crippen LogP contribution is 2.49. The Balaban J connectivity index is 1.44. The van der Waals surface area contributed by atoms with Crippen molar-refractivity contribution in [1.82, 2.24) is 5.32 Å². The van der Waals surface area contributed by atoms with Crippen LogP contribution in [0.5, 0.6) is 5.75 Å². The molecule has 0 spiro atoms. The van der Waals surface area contributed by atoms with Gasteiger partial charge < -0.3 is 10.1 Å². The Morgan fingerprint density at radius 1 is 1.33 bits per heavy atom. The fourth-order valence-corrected chi connectivity index (χ4v) is 4.11. The number of ether oxygens (including phenoxy) is 1. The molecule has 2 aliphatic rings. The molecule has 1 N–H and O–H groups in total. The standard InChI is InChI=1S/C17H22ClNO2/c1-11(16-9-12-2-3-13(16)8-12)19-17(20)10-21-15-6-4-14(18)5-7-15/h4-7,11-13,16H,2-3,8-10H2,1H3,(H,19,20)/t11-,12-,13-,16-/m1/s1. The van der Waals surface area contributed by atoms with Crippen molar-refractivity contribution in [2.45, 2.75) is 38.6 Å². The first-order chi connectivity index (χ1) is 10.1. The predicted octanol–water partition coefficient (Wildman–Crippen LogP) is 3.66. The van der Waals surface area contributed by atoms with E-state index in [4.69, 9.17) is 16.3 Å². The summed E-state index contributed by atoms with van der Waals surface area (Å²) in [5, 5.41) is 3.76. The van der Waals surface area contributed by atoms with Crippen LogP contribution in [-0.4, -0.2) is 18.6 Å². The highest BCUT2D eigenvalue weighted by Gasteiger charge is 2.42. The first kappa shape index (κ1) is 14.7. The fourth-order valence-electron chi connectivity index (χ4n) is 3.99. The lowest BCUT2D eigenvalue weighted by molar-refractivity contribution is -0.124. The van der Waals surface area contributed by atoms with Crippen LogP contribution in [0.2, 0.25) is 5.02 Å². The number of carbonyl (C=O) groups is 1. The molecule has 4 atom stereocenters. The van der Waals surface area contributed by atoms with Gasteiger partial charge in [0.25, 0.3) is 5.91 Å². The molecule has 0 radical (unpaired) electrons. The molecule has 0 aliphatic heterocycles. The summed E-state index contributed by atoms with van der Waals surface area (Å²) in [4.78, 5) is 12.0. The molecule has 3 rings (SSSR count). The lowest BCUT2D eigenvalue weighted by Crippen LogP contribution is -2.42. The normalized spacial score (nSPS) is 28.4. The van der Waals surface area contributed by atoms with Gasteiger partial charge in [0.2, 0.25) is 0 Å². The molecule has 4 heteroatoms. The zero-order valence-electron chi connectivity index (χ0n) is 12.3. The van der Waals surface area contributed by atoms with Gasteiger partial charge in [-0.1, -0.05) is 18.0 Å². The molecule has 0 saturated heterocycles. The van der Waals surface area contributed by atoms with Crippen LogP contribution in [0.25, 0.3) is 0 Å². The molecule has 114 valence electrons. The largest absolute Gasteiger partial charge is 0.484 e. The van der Waals surface area contributed by atoms with E-state index in [1.165, 1.54) is 25.7 Å². The second-order valence-corrected chi connectivity index (χ2v) is 6.87. The molecule has 3 nitrogen and oxygen atoms in total. The zero-order chi connectivity index (χ0) is 14.8. The summed E-state index contributed by atoms with van der Waals surface area (Å²) in [5.74, 6) is 3.01. The number of amides is 1. The van der Waals surface area contributed by atoms with Gasteiger partial charge in [-0.3, -0.25) is 4.79 Å². The van der Waals surface area contributed by atoms with Gasteiger partial charge in [0.05, 0.1) is 0 Å². The van der Waals surface area contributed by atoms with Crippen LogP contribution in [0.15, 0.2) is 24.3 Å². The molecule has 2 fully saturated rings. The number of hydrogen-bond acceptors (Lipinski definition) is 2. The van der Waals surface area contributed by atoms with E-state index in [1.807, 2.05) is 0 Å². The summed E-state index contributed by atoms with van der Waals surface area (Å²) in [6.45, 7) is 2.19. The average molecular weight is 308 g/mol. The van der Waals surface area contributed by atoms with E-state index in [0.717, 1.165) is 11.8 Å². The van der Waals surface area contributed by atoms with Crippen molar-refractivity contribution in [3.63, 3.8) is 0 Å². The summed E-state index contributed by atoms with van der Waals surface area (Å²) in [6, 6.07) is 7.31. The maximum Gasteiger partial charge on any atom is 0.258 e. The minimum Gasteiger partial charge on any atom is -0.484 e. The minimum atomic E-state index is -0.0415. The molecule has 2 saturated carbocycles. The lowest BCUT2D eigenvalue weighted by atomic mass is 9.84. The Bertz CT molecular complexity index is 502. The van der Waals surface area contributed by atoms with Crippen LogP contribution >= 0.6 is 11.6 Å². The number of hydrogen-bond donors (Lipinski definition) is 1. The third-order valence-electron chi connectivity index (χ3n) is 5.01. The van der Waals surface area contributed by atoms with Crippen molar-refractivity contribution >= 4 is 17.5 Å². The van der Waals surface area contributed by atoms with E-state index in [2.05, 4.69) is 12.2 Å². The first-order valence-corrected chi connectivity index (χ1v) is 8.17. The third kappa shape index (κ3) is 3.52. The number of nitrogens with one attached hydrogen (secondary N) is 1. The summed E-state index contributed by atoms with van der Waals surface area (Å²) in [6.07, 6.45) is 5.38. The van der Waals surface area contributed by atoms with Gasteiger partial charge in [0.15, 0.2) is 6.61 Å². The predicted molar refractivity (Wildman–Crippen MR) is 83.5 cm³/mol. The van der Waals surface area contributed by atoms with Crippen molar-refractivity contribution in [2.24, 2.45) is 17.8 Å². The lowest BCUT2D eigenvalue weighted by Gasteiger charge is -2.28. The number of halogens is 1. The monoisotopic (exact) mass is 307 g/mol. The van der Waals surface area contributed by atoms with Crippen molar-refractivity contribution < 1.29 is 9.53 Å². The number of rotatable bonds is 5. The molecule has 1 amide bonds. The number of carbonyl (C=O) groups excluding carboxylic acids is 1. The summed E-state index contributed by atoms with van der Waals surface area (Å²) in [5.41, 5.74) is 0. The molecule has 0 unspecified atom stereocenters. The van der Waals surface area contributed by atoms with Crippen molar-refractivity contribution in [2.75, 3.05) is 6.61 Å².